The number of nitrogens with one attached hydrogen (secondary N) is 1. The summed E-state index contributed by atoms with van der Waals surface area (Å²) in [5.41, 5.74) is 1.76. The van der Waals surface area contributed by atoms with Crippen LogP contribution in [-0.4, -0.2) is 30.9 Å². The highest BCUT2D eigenvalue weighted by atomic mass is 16.2. The van der Waals surface area contributed by atoms with Gasteiger partial charge in [-0.1, -0.05) is 26.8 Å². The molecule has 1 atom stereocenters. The molecule has 1 aromatic rings. The third-order valence-electron chi connectivity index (χ3n) is 3.11. The summed E-state index contributed by atoms with van der Waals surface area (Å²) in [5, 5.41) is 3.05. The van der Waals surface area contributed by atoms with Crippen LogP contribution in [0.25, 0.3) is 0 Å². The second-order valence-electron chi connectivity index (χ2n) is 4.48. The molecule has 0 saturated carbocycles. The van der Waals surface area contributed by atoms with Crippen LogP contribution in [0.4, 0.5) is 5.69 Å². The van der Waals surface area contributed by atoms with Gasteiger partial charge in [0.2, 0.25) is 0 Å². The van der Waals surface area contributed by atoms with Crippen LogP contribution in [0.5, 0.6) is 0 Å². The summed E-state index contributed by atoms with van der Waals surface area (Å²) in [6.45, 7) is 7.98. The number of anilines is 1. The van der Waals surface area contributed by atoms with Crippen molar-refractivity contribution in [1.29, 1.82) is 0 Å². The molecule has 1 heterocycles. The van der Waals surface area contributed by atoms with Crippen molar-refractivity contribution in [3.05, 3.63) is 29.8 Å². The van der Waals surface area contributed by atoms with Crippen LogP contribution >= 0.6 is 0 Å². The van der Waals surface area contributed by atoms with Crippen molar-refractivity contribution in [2.45, 2.75) is 27.2 Å². The summed E-state index contributed by atoms with van der Waals surface area (Å²) in [6.07, 6.45) is 1.12. The molecule has 2 rings (SSSR count). The Balaban J connectivity index is 0.000000771. The minimum atomic E-state index is 0.154. The lowest BCUT2D eigenvalue weighted by atomic mass is 10.1. The number of likely N-dealkylation sites (tertiary alicyclic amines) is 1. The molecule has 3 nitrogen and oxygen atoms in total. The van der Waals surface area contributed by atoms with E-state index in [-0.39, 0.29) is 5.91 Å². The first-order valence-electron chi connectivity index (χ1n) is 6.78. The average molecular weight is 248 g/mol. The van der Waals surface area contributed by atoms with Gasteiger partial charge in [-0.25, -0.2) is 0 Å². The lowest BCUT2D eigenvalue weighted by Gasteiger charge is -2.16. The average Bonchev–Trinajstić information content (AvgIpc) is 2.87. The van der Waals surface area contributed by atoms with E-state index in [0.29, 0.717) is 5.92 Å². The number of carbonyl (C=O) groups is 1. The molecule has 1 aliphatic rings. The second-order valence-corrected chi connectivity index (χ2v) is 4.48. The molecule has 0 aliphatic carbocycles. The number of rotatable bonds is 2. The standard InChI is InChI=1S/C13H18N2O.C2H6/c1-10-6-7-15(9-10)13(16)11-4-3-5-12(8-11)14-2;1-2/h3-5,8,10,14H,6-7,9H2,1-2H3;1-2H3. The number of hydrogen-bond acceptors (Lipinski definition) is 2. The molecule has 1 amide bonds. The summed E-state index contributed by atoms with van der Waals surface area (Å²) in [6, 6.07) is 7.67. The summed E-state index contributed by atoms with van der Waals surface area (Å²) in [5.74, 6) is 0.790. The topological polar surface area (TPSA) is 32.3 Å². The van der Waals surface area contributed by atoms with Gasteiger partial charge in [0.1, 0.15) is 0 Å². The zero-order valence-electron chi connectivity index (χ0n) is 11.9. The summed E-state index contributed by atoms with van der Waals surface area (Å²) >= 11 is 0. The van der Waals surface area contributed by atoms with Crippen LogP contribution in [0.3, 0.4) is 0 Å². The van der Waals surface area contributed by atoms with Gasteiger partial charge in [-0.2, -0.15) is 0 Å². The van der Waals surface area contributed by atoms with Crippen LogP contribution in [0.1, 0.15) is 37.6 Å². The Kier molecular flexibility index (Phi) is 5.69. The molecule has 1 saturated heterocycles. The fourth-order valence-electron chi connectivity index (χ4n) is 2.11. The predicted octanol–water partition coefficient (Wildman–Crippen LogP) is 3.24. The van der Waals surface area contributed by atoms with Crippen LogP contribution in [0, 0.1) is 5.92 Å². The highest BCUT2D eigenvalue weighted by Gasteiger charge is 2.23. The van der Waals surface area contributed by atoms with Crippen LogP contribution in [0.2, 0.25) is 0 Å². The smallest absolute Gasteiger partial charge is 0.253 e. The van der Waals surface area contributed by atoms with E-state index < -0.39 is 0 Å². The highest BCUT2D eigenvalue weighted by Crippen LogP contribution is 2.19. The van der Waals surface area contributed by atoms with E-state index in [2.05, 4.69) is 12.2 Å². The third-order valence-corrected chi connectivity index (χ3v) is 3.11. The van der Waals surface area contributed by atoms with E-state index in [9.17, 15) is 4.79 Å². The normalized spacial score (nSPS) is 18.0. The Hall–Kier alpha value is -1.51. The molecule has 1 fully saturated rings. The minimum absolute atomic E-state index is 0.154. The van der Waals surface area contributed by atoms with E-state index in [1.807, 2.05) is 50.1 Å². The Labute approximate surface area is 110 Å². The van der Waals surface area contributed by atoms with Gasteiger partial charge in [0.05, 0.1) is 0 Å². The molecule has 3 heteroatoms. The van der Waals surface area contributed by atoms with Gasteiger partial charge < -0.3 is 10.2 Å². The van der Waals surface area contributed by atoms with E-state index in [0.717, 1.165) is 30.8 Å². The minimum Gasteiger partial charge on any atom is -0.388 e. The first-order chi connectivity index (χ1) is 8.70. The third kappa shape index (κ3) is 3.49. The lowest BCUT2D eigenvalue weighted by Crippen LogP contribution is -2.28. The van der Waals surface area contributed by atoms with Crippen LogP contribution < -0.4 is 5.32 Å². The summed E-state index contributed by atoms with van der Waals surface area (Å²) in [4.78, 5) is 14.1. The molecule has 100 valence electrons. The maximum atomic E-state index is 12.2. The molecular formula is C15H24N2O. The Bertz CT molecular complexity index is 390. The van der Waals surface area contributed by atoms with Crippen molar-refractivity contribution >= 4 is 11.6 Å². The van der Waals surface area contributed by atoms with Crippen molar-refractivity contribution in [2.75, 3.05) is 25.5 Å². The van der Waals surface area contributed by atoms with Gasteiger partial charge in [0, 0.05) is 31.4 Å². The zero-order valence-corrected chi connectivity index (χ0v) is 11.9. The SMILES string of the molecule is CC.CNc1cccc(C(=O)N2CCC(C)C2)c1. The number of carbonyl (C=O) groups excluding carboxylic acids is 1. The van der Waals surface area contributed by atoms with Gasteiger partial charge in [-0.15, -0.1) is 0 Å². The molecule has 0 bridgehead atoms. The van der Waals surface area contributed by atoms with Gasteiger partial charge in [-0.05, 0) is 30.5 Å². The van der Waals surface area contributed by atoms with E-state index in [1.54, 1.807) is 0 Å². The predicted molar refractivity (Wildman–Crippen MR) is 77.0 cm³/mol. The van der Waals surface area contributed by atoms with Crippen LogP contribution in [-0.2, 0) is 0 Å². The Morgan fingerprint density at radius 2 is 2.11 bits per heavy atom. The van der Waals surface area contributed by atoms with Crippen molar-refractivity contribution in [3.63, 3.8) is 0 Å². The molecule has 1 aliphatic heterocycles. The number of amides is 1. The molecule has 0 radical (unpaired) electrons. The monoisotopic (exact) mass is 248 g/mol. The van der Waals surface area contributed by atoms with E-state index in [1.165, 1.54) is 0 Å². The zero-order chi connectivity index (χ0) is 13.5. The quantitative estimate of drug-likeness (QED) is 0.871. The maximum Gasteiger partial charge on any atom is 0.253 e. The van der Waals surface area contributed by atoms with E-state index in [4.69, 9.17) is 0 Å². The Morgan fingerprint density at radius 3 is 2.67 bits per heavy atom. The molecule has 1 aromatic carbocycles. The molecule has 0 spiro atoms. The van der Waals surface area contributed by atoms with Crippen molar-refractivity contribution < 1.29 is 4.79 Å². The summed E-state index contributed by atoms with van der Waals surface area (Å²) in [7, 11) is 1.86. The van der Waals surface area contributed by atoms with Gasteiger partial charge in [0.25, 0.3) is 5.91 Å². The van der Waals surface area contributed by atoms with Crippen molar-refractivity contribution in [3.8, 4) is 0 Å². The Morgan fingerprint density at radius 1 is 1.39 bits per heavy atom. The molecule has 1 N–H and O–H groups in total. The lowest BCUT2D eigenvalue weighted by molar-refractivity contribution is 0.0788. The van der Waals surface area contributed by atoms with Crippen LogP contribution in [0.15, 0.2) is 24.3 Å². The fourth-order valence-corrected chi connectivity index (χ4v) is 2.11. The highest BCUT2D eigenvalue weighted by molar-refractivity contribution is 5.95. The van der Waals surface area contributed by atoms with Gasteiger partial charge in [-0.3, -0.25) is 4.79 Å². The first-order valence-corrected chi connectivity index (χ1v) is 6.78. The first kappa shape index (κ1) is 14.6. The molecule has 1 unspecified atom stereocenters. The van der Waals surface area contributed by atoms with Gasteiger partial charge in [0.15, 0.2) is 0 Å². The molecule has 0 aromatic heterocycles. The van der Waals surface area contributed by atoms with Crippen molar-refractivity contribution in [1.82, 2.24) is 4.90 Å². The maximum absolute atomic E-state index is 12.2. The largest absolute Gasteiger partial charge is 0.388 e. The van der Waals surface area contributed by atoms with E-state index >= 15 is 0 Å². The summed E-state index contributed by atoms with van der Waals surface area (Å²) < 4.78 is 0. The van der Waals surface area contributed by atoms with Gasteiger partial charge >= 0.3 is 0 Å². The molecule has 18 heavy (non-hydrogen) atoms. The number of benzene rings is 1. The number of hydrogen-bond donors (Lipinski definition) is 1. The molecular weight excluding hydrogens is 224 g/mol. The fraction of sp³-hybridized carbons (Fsp3) is 0.533. The number of nitrogens with zero attached hydrogens (tertiary/aromatic N) is 1. The van der Waals surface area contributed by atoms with Crippen molar-refractivity contribution in [2.24, 2.45) is 5.92 Å². The second kappa shape index (κ2) is 7.04.